The maximum Gasteiger partial charge on any atom is 0.173 e. The van der Waals surface area contributed by atoms with Gasteiger partial charge >= 0.3 is 0 Å². The summed E-state index contributed by atoms with van der Waals surface area (Å²) in [4.78, 5) is 2.11. The molecule has 1 aliphatic rings. The van der Waals surface area contributed by atoms with Crippen LogP contribution in [0.3, 0.4) is 0 Å². The molecule has 0 radical (unpaired) electrons. The molecule has 4 nitrogen and oxygen atoms in total. The van der Waals surface area contributed by atoms with E-state index >= 15 is 0 Å². The smallest absolute Gasteiger partial charge is 0.173 e. The predicted molar refractivity (Wildman–Crippen MR) is 71.8 cm³/mol. The number of nitrogens with one attached hydrogen (secondary N) is 2. The number of nitriles is 1. The van der Waals surface area contributed by atoms with Crippen LogP contribution in [-0.4, -0.2) is 36.2 Å². The molecule has 0 spiro atoms. The molecule has 1 aromatic carbocycles. The van der Waals surface area contributed by atoms with Gasteiger partial charge in [0.25, 0.3) is 0 Å². The summed E-state index contributed by atoms with van der Waals surface area (Å²) < 4.78 is 0. The summed E-state index contributed by atoms with van der Waals surface area (Å²) in [7, 11) is 0. The van der Waals surface area contributed by atoms with Crippen molar-refractivity contribution in [3.05, 3.63) is 29.8 Å². The van der Waals surface area contributed by atoms with E-state index in [1.54, 1.807) is 6.07 Å². The summed E-state index contributed by atoms with van der Waals surface area (Å²) in [6.45, 7) is 3.70. The second-order valence-corrected chi connectivity index (χ2v) is 4.21. The topological polar surface area (TPSA) is 51.1 Å². The van der Waals surface area contributed by atoms with Gasteiger partial charge < -0.3 is 15.5 Å². The van der Waals surface area contributed by atoms with Gasteiger partial charge in [-0.3, -0.25) is 0 Å². The second-order valence-electron chi connectivity index (χ2n) is 3.82. The molecule has 0 unspecified atom stereocenters. The van der Waals surface area contributed by atoms with Crippen molar-refractivity contribution >= 4 is 23.0 Å². The molecule has 0 aromatic heterocycles. The highest BCUT2D eigenvalue weighted by atomic mass is 32.1. The summed E-state index contributed by atoms with van der Waals surface area (Å²) in [5, 5.41) is 16.1. The summed E-state index contributed by atoms with van der Waals surface area (Å²) in [6, 6.07) is 9.54. The second kappa shape index (κ2) is 5.62. The normalized spacial score (nSPS) is 15.1. The molecule has 0 atom stereocenters. The minimum atomic E-state index is 0.616. The zero-order valence-corrected chi connectivity index (χ0v) is 10.3. The number of nitrogens with zero attached hydrogens (tertiary/aromatic N) is 2. The average molecular weight is 246 g/mol. The van der Waals surface area contributed by atoms with E-state index in [0.717, 1.165) is 31.9 Å². The zero-order valence-electron chi connectivity index (χ0n) is 9.44. The van der Waals surface area contributed by atoms with Crippen LogP contribution >= 0.6 is 12.2 Å². The Morgan fingerprint density at radius 1 is 1.35 bits per heavy atom. The molecule has 1 aromatic rings. The van der Waals surface area contributed by atoms with Gasteiger partial charge in [-0.05, 0) is 24.4 Å². The Labute approximate surface area is 106 Å². The molecule has 1 aliphatic heterocycles. The molecule has 0 bridgehead atoms. The number of hydrogen-bond donors (Lipinski definition) is 2. The van der Waals surface area contributed by atoms with E-state index in [1.807, 2.05) is 18.2 Å². The molecule has 17 heavy (non-hydrogen) atoms. The molecular formula is C12H14N4S. The van der Waals surface area contributed by atoms with Crippen LogP contribution in [0.1, 0.15) is 5.56 Å². The van der Waals surface area contributed by atoms with Crippen molar-refractivity contribution in [2.24, 2.45) is 0 Å². The van der Waals surface area contributed by atoms with Gasteiger partial charge in [0.1, 0.15) is 6.07 Å². The number of benzene rings is 1. The van der Waals surface area contributed by atoms with E-state index in [1.165, 1.54) is 0 Å². The molecule has 0 aliphatic carbocycles. The summed E-state index contributed by atoms with van der Waals surface area (Å²) in [5.41, 5.74) is 1.39. The highest BCUT2D eigenvalue weighted by Gasteiger charge is 2.13. The third-order valence-electron chi connectivity index (χ3n) is 2.69. The Kier molecular flexibility index (Phi) is 3.91. The molecule has 88 valence electrons. The van der Waals surface area contributed by atoms with Gasteiger partial charge in [-0.2, -0.15) is 5.26 Å². The number of thiocarbonyl (C=S) groups is 1. The lowest BCUT2D eigenvalue weighted by atomic mass is 10.2. The summed E-state index contributed by atoms with van der Waals surface area (Å²) >= 11 is 5.34. The quantitative estimate of drug-likeness (QED) is 0.728. The van der Waals surface area contributed by atoms with Crippen LogP contribution in [0.15, 0.2) is 24.3 Å². The molecule has 0 saturated carbocycles. The number of rotatable bonds is 1. The van der Waals surface area contributed by atoms with Gasteiger partial charge in [-0.15, -0.1) is 0 Å². The van der Waals surface area contributed by atoms with Crippen molar-refractivity contribution in [1.82, 2.24) is 10.2 Å². The van der Waals surface area contributed by atoms with Crippen molar-refractivity contribution in [2.45, 2.75) is 0 Å². The molecule has 0 amide bonds. The highest BCUT2D eigenvalue weighted by Crippen LogP contribution is 2.14. The first-order chi connectivity index (χ1) is 8.31. The minimum Gasteiger partial charge on any atom is -0.346 e. The van der Waals surface area contributed by atoms with E-state index in [0.29, 0.717) is 10.7 Å². The Balaban J connectivity index is 2.05. The Bertz CT molecular complexity index is 446. The third kappa shape index (κ3) is 2.93. The van der Waals surface area contributed by atoms with E-state index in [9.17, 15) is 0 Å². The molecule has 2 rings (SSSR count). The molecule has 1 fully saturated rings. The lowest BCUT2D eigenvalue weighted by molar-refractivity contribution is 0.362. The van der Waals surface area contributed by atoms with Gasteiger partial charge in [-0.25, -0.2) is 0 Å². The molecule has 5 heteroatoms. The van der Waals surface area contributed by atoms with Gasteiger partial charge in [0, 0.05) is 26.2 Å². The Morgan fingerprint density at radius 2 is 2.06 bits per heavy atom. The fourth-order valence-electron chi connectivity index (χ4n) is 1.75. The molecule has 1 saturated heterocycles. The lowest BCUT2D eigenvalue weighted by Crippen LogP contribution is -2.47. The Morgan fingerprint density at radius 3 is 2.76 bits per heavy atom. The van der Waals surface area contributed by atoms with Gasteiger partial charge in [0.15, 0.2) is 5.11 Å². The van der Waals surface area contributed by atoms with Gasteiger partial charge in [-0.1, -0.05) is 12.1 Å². The largest absolute Gasteiger partial charge is 0.346 e. The molecular weight excluding hydrogens is 232 g/mol. The van der Waals surface area contributed by atoms with Crippen LogP contribution < -0.4 is 10.6 Å². The van der Waals surface area contributed by atoms with Crippen LogP contribution in [0.2, 0.25) is 0 Å². The fraction of sp³-hybridized carbons (Fsp3) is 0.333. The fourth-order valence-corrected chi connectivity index (χ4v) is 2.04. The minimum absolute atomic E-state index is 0.616. The first-order valence-corrected chi connectivity index (χ1v) is 5.98. The summed E-state index contributed by atoms with van der Waals surface area (Å²) in [5.74, 6) is 0. The van der Waals surface area contributed by atoms with Crippen molar-refractivity contribution < 1.29 is 0 Å². The van der Waals surface area contributed by atoms with E-state index in [4.69, 9.17) is 17.5 Å². The van der Waals surface area contributed by atoms with E-state index in [2.05, 4.69) is 21.6 Å². The first kappa shape index (κ1) is 11.8. The first-order valence-electron chi connectivity index (χ1n) is 5.57. The van der Waals surface area contributed by atoms with E-state index < -0.39 is 0 Å². The number of anilines is 1. The van der Waals surface area contributed by atoms with Crippen molar-refractivity contribution in [1.29, 1.82) is 5.26 Å². The maximum atomic E-state index is 8.98. The predicted octanol–water partition coefficient (Wildman–Crippen LogP) is 1.16. The zero-order chi connectivity index (χ0) is 12.1. The van der Waals surface area contributed by atoms with Crippen molar-refractivity contribution in [3.63, 3.8) is 0 Å². The standard InChI is InChI=1S/C12H14N4S/c13-9-10-3-1-2-4-11(10)15-12(17)16-7-5-14-6-8-16/h1-4,14H,5-8H2,(H,15,17). The molecule has 1 heterocycles. The van der Waals surface area contributed by atoms with E-state index in [-0.39, 0.29) is 0 Å². The van der Waals surface area contributed by atoms with Gasteiger partial charge in [0.2, 0.25) is 0 Å². The highest BCUT2D eigenvalue weighted by molar-refractivity contribution is 7.80. The van der Waals surface area contributed by atoms with Crippen molar-refractivity contribution in [3.8, 4) is 6.07 Å². The SMILES string of the molecule is N#Cc1ccccc1NC(=S)N1CCNCC1. The number of para-hydroxylation sites is 1. The maximum absolute atomic E-state index is 8.98. The Hall–Kier alpha value is -1.64. The van der Waals surface area contributed by atoms with Crippen LogP contribution in [0.25, 0.3) is 0 Å². The third-order valence-corrected chi connectivity index (χ3v) is 3.05. The van der Waals surface area contributed by atoms with Gasteiger partial charge in [0.05, 0.1) is 11.3 Å². The van der Waals surface area contributed by atoms with Crippen LogP contribution in [0.5, 0.6) is 0 Å². The monoisotopic (exact) mass is 246 g/mol. The van der Waals surface area contributed by atoms with Crippen LogP contribution in [-0.2, 0) is 0 Å². The summed E-state index contributed by atoms with van der Waals surface area (Å²) in [6.07, 6.45) is 0. The number of piperazine rings is 1. The number of hydrogen-bond acceptors (Lipinski definition) is 3. The van der Waals surface area contributed by atoms with Crippen LogP contribution in [0.4, 0.5) is 5.69 Å². The van der Waals surface area contributed by atoms with Crippen LogP contribution in [0, 0.1) is 11.3 Å². The molecule has 2 N–H and O–H groups in total. The average Bonchev–Trinajstić information content (AvgIpc) is 2.40. The van der Waals surface area contributed by atoms with Crippen molar-refractivity contribution in [2.75, 3.05) is 31.5 Å². The lowest BCUT2D eigenvalue weighted by Gasteiger charge is -2.30.